The van der Waals surface area contributed by atoms with Crippen molar-refractivity contribution in [2.45, 2.75) is 16.7 Å². The highest BCUT2D eigenvalue weighted by atomic mass is 35.5. The topological polar surface area (TPSA) is 119 Å². The van der Waals surface area contributed by atoms with Crippen LogP contribution < -0.4 is 14.4 Å². The van der Waals surface area contributed by atoms with E-state index in [9.17, 15) is 23.3 Å². The zero-order valence-corrected chi connectivity index (χ0v) is 23.0. The molecule has 0 bridgehead atoms. The van der Waals surface area contributed by atoms with Crippen molar-refractivity contribution in [3.63, 3.8) is 0 Å². The number of aryl methyl sites for hydroxylation is 1. The standard InChI is InChI=1S/C24H23Cl2N3O6S2/c1-16-3-9-20(14-21(16)29(31)32)37(33,34)28(22-13-18(26)6-10-23(22)35-2)15-24(30)27-11-12-36-19-7-4-17(25)5-8-19/h3-10,13-14H,11-12,15H2,1-2H3,(H,27,30). The molecule has 3 rings (SSSR count). The second-order valence-electron chi connectivity index (χ2n) is 7.69. The normalized spacial score (nSPS) is 11.1. The van der Waals surface area contributed by atoms with Gasteiger partial charge in [0, 0.05) is 38.9 Å². The lowest BCUT2D eigenvalue weighted by molar-refractivity contribution is -0.385. The molecule has 3 aromatic carbocycles. The van der Waals surface area contributed by atoms with Gasteiger partial charge in [0.1, 0.15) is 12.3 Å². The number of halogens is 2. The lowest BCUT2D eigenvalue weighted by Gasteiger charge is -2.26. The monoisotopic (exact) mass is 583 g/mol. The molecule has 0 saturated heterocycles. The average molecular weight is 585 g/mol. The summed E-state index contributed by atoms with van der Waals surface area (Å²) in [5.41, 5.74) is -0.0431. The van der Waals surface area contributed by atoms with Crippen molar-refractivity contribution in [3.8, 4) is 5.75 Å². The Kier molecular flexibility index (Phi) is 9.66. The number of hydrogen-bond acceptors (Lipinski definition) is 7. The summed E-state index contributed by atoms with van der Waals surface area (Å²) >= 11 is 13.5. The van der Waals surface area contributed by atoms with Gasteiger partial charge < -0.3 is 10.1 Å². The minimum Gasteiger partial charge on any atom is -0.495 e. The Labute approximate surface area is 228 Å². The molecule has 0 radical (unpaired) electrons. The third kappa shape index (κ3) is 7.29. The lowest BCUT2D eigenvalue weighted by Crippen LogP contribution is -2.41. The molecule has 1 N–H and O–H groups in total. The van der Waals surface area contributed by atoms with Crippen LogP contribution in [0.4, 0.5) is 11.4 Å². The molecule has 13 heteroatoms. The molecule has 0 aromatic heterocycles. The Bertz CT molecular complexity index is 1400. The van der Waals surface area contributed by atoms with E-state index in [1.54, 1.807) is 12.1 Å². The number of sulfonamides is 1. The van der Waals surface area contributed by atoms with Crippen LogP contribution in [-0.2, 0) is 14.8 Å². The second-order valence-corrected chi connectivity index (χ2v) is 11.6. The Morgan fingerprint density at radius 1 is 1.08 bits per heavy atom. The van der Waals surface area contributed by atoms with Gasteiger partial charge in [-0.05, 0) is 55.5 Å². The van der Waals surface area contributed by atoms with Gasteiger partial charge in [-0.15, -0.1) is 11.8 Å². The fourth-order valence-corrected chi connectivity index (χ4v) is 5.81. The van der Waals surface area contributed by atoms with Crippen LogP contribution in [0.3, 0.4) is 0 Å². The summed E-state index contributed by atoms with van der Waals surface area (Å²) in [5.74, 6) is 0.106. The predicted octanol–water partition coefficient (Wildman–Crippen LogP) is 5.32. The molecule has 0 saturated carbocycles. The number of nitrogens with one attached hydrogen (secondary N) is 1. The zero-order valence-electron chi connectivity index (χ0n) is 19.8. The highest BCUT2D eigenvalue weighted by molar-refractivity contribution is 7.99. The first-order valence-electron chi connectivity index (χ1n) is 10.8. The van der Waals surface area contributed by atoms with Crippen molar-refractivity contribution in [2.24, 2.45) is 0 Å². The lowest BCUT2D eigenvalue weighted by atomic mass is 10.2. The van der Waals surface area contributed by atoms with E-state index in [0.717, 1.165) is 15.3 Å². The van der Waals surface area contributed by atoms with Gasteiger partial charge in [-0.1, -0.05) is 29.3 Å². The summed E-state index contributed by atoms with van der Waals surface area (Å²) < 4.78 is 33.5. The number of thioether (sulfide) groups is 1. The maximum atomic E-state index is 13.7. The van der Waals surface area contributed by atoms with E-state index in [1.807, 2.05) is 12.1 Å². The van der Waals surface area contributed by atoms with Gasteiger partial charge in [-0.3, -0.25) is 19.2 Å². The highest BCUT2D eigenvalue weighted by Gasteiger charge is 2.31. The van der Waals surface area contributed by atoms with E-state index >= 15 is 0 Å². The summed E-state index contributed by atoms with van der Waals surface area (Å²) in [5, 5.41) is 15.0. The van der Waals surface area contributed by atoms with Crippen molar-refractivity contribution in [1.29, 1.82) is 0 Å². The highest BCUT2D eigenvalue weighted by Crippen LogP contribution is 2.35. The number of nitrogens with zero attached hydrogens (tertiary/aromatic N) is 2. The van der Waals surface area contributed by atoms with Crippen LogP contribution in [0.1, 0.15) is 5.56 Å². The van der Waals surface area contributed by atoms with E-state index in [4.69, 9.17) is 27.9 Å². The molecule has 0 spiro atoms. The van der Waals surface area contributed by atoms with E-state index in [0.29, 0.717) is 16.3 Å². The van der Waals surface area contributed by atoms with Crippen LogP contribution in [0.25, 0.3) is 0 Å². The molecular weight excluding hydrogens is 561 g/mol. The maximum Gasteiger partial charge on any atom is 0.273 e. The molecule has 0 aliphatic heterocycles. The van der Waals surface area contributed by atoms with Gasteiger partial charge >= 0.3 is 0 Å². The average Bonchev–Trinajstić information content (AvgIpc) is 2.86. The van der Waals surface area contributed by atoms with Crippen molar-refractivity contribution < 1.29 is 22.9 Å². The molecule has 0 fully saturated rings. The summed E-state index contributed by atoms with van der Waals surface area (Å²) in [6, 6.07) is 15.1. The molecular formula is C24H23Cl2N3O6S2. The molecule has 0 heterocycles. The number of nitro groups is 1. The first kappa shape index (κ1) is 28.6. The predicted molar refractivity (Wildman–Crippen MR) is 146 cm³/mol. The first-order valence-corrected chi connectivity index (χ1v) is 14.0. The number of methoxy groups -OCH3 is 1. The van der Waals surface area contributed by atoms with Gasteiger partial charge in [-0.2, -0.15) is 0 Å². The second kappa shape index (κ2) is 12.5. The number of benzene rings is 3. The molecule has 37 heavy (non-hydrogen) atoms. The molecule has 0 aliphatic carbocycles. The minimum atomic E-state index is -4.44. The van der Waals surface area contributed by atoms with Crippen molar-refractivity contribution >= 4 is 62.3 Å². The third-order valence-electron chi connectivity index (χ3n) is 5.17. The van der Waals surface area contributed by atoms with Crippen LogP contribution in [0, 0.1) is 17.0 Å². The van der Waals surface area contributed by atoms with E-state index in [2.05, 4.69) is 5.32 Å². The summed E-state index contributed by atoms with van der Waals surface area (Å²) in [6.07, 6.45) is 0. The summed E-state index contributed by atoms with van der Waals surface area (Å²) in [7, 11) is -3.09. The largest absolute Gasteiger partial charge is 0.495 e. The number of hydrogen-bond donors (Lipinski definition) is 1. The van der Waals surface area contributed by atoms with Crippen LogP contribution in [0.2, 0.25) is 10.0 Å². The SMILES string of the molecule is COc1ccc(Cl)cc1N(CC(=O)NCCSc1ccc(Cl)cc1)S(=O)(=O)c1ccc(C)c([N+](=O)[O-])c1. The van der Waals surface area contributed by atoms with Crippen molar-refractivity contribution in [1.82, 2.24) is 5.32 Å². The zero-order chi connectivity index (χ0) is 27.2. The molecule has 0 atom stereocenters. The number of ether oxygens (including phenoxy) is 1. The van der Waals surface area contributed by atoms with Gasteiger partial charge in [0.05, 0.1) is 22.6 Å². The number of amides is 1. The quantitative estimate of drug-likeness (QED) is 0.140. The number of nitro benzene ring substituents is 1. The molecule has 0 aliphatic rings. The third-order valence-corrected chi connectivity index (χ3v) is 8.43. The van der Waals surface area contributed by atoms with Gasteiger partial charge in [-0.25, -0.2) is 8.42 Å². The van der Waals surface area contributed by atoms with Gasteiger partial charge in [0.25, 0.3) is 15.7 Å². The molecule has 9 nitrogen and oxygen atoms in total. The molecule has 3 aromatic rings. The number of anilines is 1. The summed E-state index contributed by atoms with van der Waals surface area (Å²) in [4.78, 5) is 24.2. The van der Waals surface area contributed by atoms with Crippen LogP contribution in [0.15, 0.2) is 70.5 Å². The Balaban J connectivity index is 1.87. The molecule has 196 valence electrons. The van der Waals surface area contributed by atoms with E-state index < -0.39 is 27.4 Å². The van der Waals surface area contributed by atoms with Crippen molar-refractivity contribution in [3.05, 3.63) is 86.4 Å². The molecule has 1 amide bonds. The first-order chi connectivity index (χ1) is 17.5. The molecule has 0 unspecified atom stereocenters. The number of carbonyl (C=O) groups is 1. The van der Waals surface area contributed by atoms with Gasteiger partial charge in [0.2, 0.25) is 5.91 Å². The Hall–Kier alpha value is -2.99. The fraction of sp³-hybridized carbons (Fsp3) is 0.208. The number of carbonyl (C=O) groups excluding carboxylic acids is 1. The fourth-order valence-electron chi connectivity index (χ4n) is 3.31. The van der Waals surface area contributed by atoms with Gasteiger partial charge in [0.15, 0.2) is 0 Å². The Morgan fingerprint density at radius 3 is 2.41 bits per heavy atom. The minimum absolute atomic E-state index is 0.0175. The van der Waals surface area contributed by atoms with Crippen LogP contribution in [0.5, 0.6) is 5.75 Å². The Morgan fingerprint density at radius 2 is 1.76 bits per heavy atom. The number of rotatable bonds is 11. The van der Waals surface area contributed by atoms with E-state index in [1.165, 1.54) is 56.1 Å². The maximum absolute atomic E-state index is 13.7. The van der Waals surface area contributed by atoms with Crippen LogP contribution in [-0.4, -0.2) is 45.2 Å². The van der Waals surface area contributed by atoms with Crippen LogP contribution >= 0.6 is 35.0 Å². The van der Waals surface area contributed by atoms with E-state index in [-0.39, 0.29) is 33.6 Å². The summed E-state index contributed by atoms with van der Waals surface area (Å²) in [6.45, 7) is 1.16. The van der Waals surface area contributed by atoms with Crippen molar-refractivity contribution in [2.75, 3.05) is 30.3 Å². The smallest absolute Gasteiger partial charge is 0.273 e.